The minimum absolute atomic E-state index is 0.167. The standard InChI is InChI=1S/C15H16BrNO3/c16-9-7-13-5-6-14(18)17(13)10-8-11-1-3-12(4-2-11)15(19)20/h1-4,7,9,13H,5-6,8,10H2,(H,19,20)/b9-7-/t13-/m1/s1. The second kappa shape index (κ2) is 6.70. The summed E-state index contributed by atoms with van der Waals surface area (Å²) in [5.74, 6) is -0.739. The van der Waals surface area contributed by atoms with Crippen LogP contribution in [0.2, 0.25) is 0 Å². The lowest BCUT2D eigenvalue weighted by Gasteiger charge is -2.22. The van der Waals surface area contributed by atoms with E-state index in [-0.39, 0.29) is 17.5 Å². The second-order valence-corrected chi connectivity index (χ2v) is 5.29. The number of aromatic carboxylic acids is 1. The molecule has 1 amide bonds. The normalized spacial score (nSPS) is 18.9. The van der Waals surface area contributed by atoms with Crippen LogP contribution in [0, 0.1) is 0 Å². The lowest BCUT2D eigenvalue weighted by atomic mass is 10.1. The number of carbonyl (C=O) groups is 2. The van der Waals surface area contributed by atoms with E-state index in [1.54, 1.807) is 29.3 Å². The number of carbonyl (C=O) groups excluding carboxylic acids is 1. The SMILES string of the molecule is O=C(O)c1ccc(CCN2C(=O)CC[C@@H]2/C=C\Br)cc1. The van der Waals surface area contributed by atoms with Gasteiger partial charge < -0.3 is 10.0 Å². The molecule has 1 aromatic carbocycles. The molecule has 1 atom stereocenters. The monoisotopic (exact) mass is 337 g/mol. The summed E-state index contributed by atoms with van der Waals surface area (Å²) in [6.07, 6.45) is 4.18. The van der Waals surface area contributed by atoms with Crippen molar-refractivity contribution in [1.29, 1.82) is 0 Å². The van der Waals surface area contributed by atoms with Crippen LogP contribution in [0.4, 0.5) is 0 Å². The summed E-state index contributed by atoms with van der Waals surface area (Å²) in [5.41, 5.74) is 1.32. The first kappa shape index (κ1) is 14.8. The number of rotatable bonds is 5. The molecule has 4 nitrogen and oxygen atoms in total. The number of benzene rings is 1. The van der Waals surface area contributed by atoms with Gasteiger partial charge in [0.25, 0.3) is 0 Å². The Balaban J connectivity index is 1.97. The lowest BCUT2D eigenvalue weighted by molar-refractivity contribution is -0.128. The summed E-state index contributed by atoms with van der Waals surface area (Å²) in [5, 5.41) is 8.84. The van der Waals surface area contributed by atoms with Crippen molar-refractivity contribution in [2.75, 3.05) is 6.54 Å². The van der Waals surface area contributed by atoms with E-state index in [2.05, 4.69) is 15.9 Å². The average Bonchev–Trinajstić information content (AvgIpc) is 2.78. The zero-order valence-electron chi connectivity index (χ0n) is 11.0. The van der Waals surface area contributed by atoms with Crippen molar-refractivity contribution >= 4 is 27.8 Å². The number of carboxylic acids is 1. The third-order valence-electron chi connectivity index (χ3n) is 3.51. The molecule has 1 heterocycles. The highest BCUT2D eigenvalue weighted by Crippen LogP contribution is 2.20. The molecule has 1 saturated heterocycles. The van der Waals surface area contributed by atoms with E-state index in [1.165, 1.54) is 0 Å². The van der Waals surface area contributed by atoms with Crippen LogP contribution < -0.4 is 0 Å². The summed E-state index contributed by atoms with van der Waals surface area (Å²) in [7, 11) is 0. The molecule has 1 N–H and O–H groups in total. The number of nitrogens with zero attached hydrogens (tertiary/aromatic N) is 1. The highest BCUT2D eigenvalue weighted by molar-refractivity contribution is 9.11. The van der Waals surface area contributed by atoms with Gasteiger partial charge in [-0.05, 0) is 35.5 Å². The summed E-state index contributed by atoms with van der Waals surface area (Å²) < 4.78 is 0. The van der Waals surface area contributed by atoms with Crippen molar-refractivity contribution in [2.24, 2.45) is 0 Å². The number of hydrogen-bond donors (Lipinski definition) is 1. The molecule has 0 unspecified atom stereocenters. The molecule has 0 spiro atoms. The fourth-order valence-electron chi connectivity index (χ4n) is 2.39. The first-order valence-corrected chi connectivity index (χ1v) is 7.42. The van der Waals surface area contributed by atoms with Crippen molar-refractivity contribution in [3.63, 3.8) is 0 Å². The van der Waals surface area contributed by atoms with E-state index < -0.39 is 5.97 Å². The quantitative estimate of drug-likeness (QED) is 0.898. The number of amides is 1. The smallest absolute Gasteiger partial charge is 0.335 e. The Hall–Kier alpha value is -1.62. The molecule has 5 heteroatoms. The topological polar surface area (TPSA) is 57.6 Å². The zero-order valence-corrected chi connectivity index (χ0v) is 12.5. The largest absolute Gasteiger partial charge is 0.478 e. The van der Waals surface area contributed by atoms with Gasteiger partial charge in [-0.2, -0.15) is 0 Å². The van der Waals surface area contributed by atoms with Crippen molar-refractivity contribution in [1.82, 2.24) is 4.90 Å². The molecular formula is C15H16BrNO3. The van der Waals surface area contributed by atoms with Gasteiger partial charge in [-0.3, -0.25) is 4.79 Å². The van der Waals surface area contributed by atoms with E-state index in [9.17, 15) is 9.59 Å². The van der Waals surface area contributed by atoms with Crippen LogP contribution in [0.3, 0.4) is 0 Å². The molecule has 0 bridgehead atoms. The van der Waals surface area contributed by atoms with E-state index in [4.69, 9.17) is 5.11 Å². The summed E-state index contributed by atoms with van der Waals surface area (Å²) in [4.78, 5) is 26.3. The predicted octanol–water partition coefficient (Wildman–Crippen LogP) is 2.83. The number of carboxylic acid groups (broad SMARTS) is 1. The van der Waals surface area contributed by atoms with Crippen LogP contribution in [-0.2, 0) is 11.2 Å². The van der Waals surface area contributed by atoms with E-state index in [1.807, 2.05) is 11.0 Å². The fraction of sp³-hybridized carbons (Fsp3) is 0.333. The Morgan fingerprint density at radius 1 is 1.40 bits per heavy atom. The van der Waals surface area contributed by atoms with Gasteiger partial charge in [0.1, 0.15) is 0 Å². The molecular weight excluding hydrogens is 322 g/mol. The predicted molar refractivity (Wildman–Crippen MR) is 79.9 cm³/mol. The van der Waals surface area contributed by atoms with Gasteiger partial charge in [-0.25, -0.2) is 4.79 Å². The van der Waals surface area contributed by atoms with E-state index in [0.717, 1.165) is 18.4 Å². The highest BCUT2D eigenvalue weighted by atomic mass is 79.9. The van der Waals surface area contributed by atoms with E-state index in [0.29, 0.717) is 13.0 Å². The molecule has 1 aliphatic rings. The minimum atomic E-state index is -0.922. The van der Waals surface area contributed by atoms with Gasteiger partial charge in [0.15, 0.2) is 0 Å². The summed E-state index contributed by atoms with van der Waals surface area (Å²) >= 11 is 3.25. The Bertz CT molecular complexity index is 524. The number of likely N-dealkylation sites (tertiary alicyclic amines) is 1. The first-order valence-electron chi connectivity index (χ1n) is 6.50. The van der Waals surface area contributed by atoms with Gasteiger partial charge in [0.2, 0.25) is 5.91 Å². The molecule has 20 heavy (non-hydrogen) atoms. The van der Waals surface area contributed by atoms with Crippen LogP contribution in [0.1, 0.15) is 28.8 Å². The molecule has 0 aliphatic carbocycles. The Kier molecular flexibility index (Phi) is 4.95. The summed E-state index contributed by atoms with van der Waals surface area (Å²) in [6.45, 7) is 0.660. The minimum Gasteiger partial charge on any atom is -0.478 e. The van der Waals surface area contributed by atoms with Gasteiger partial charge >= 0.3 is 5.97 Å². The van der Waals surface area contributed by atoms with Crippen LogP contribution in [0.5, 0.6) is 0 Å². The maximum atomic E-state index is 11.8. The van der Waals surface area contributed by atoms with Gasteiger partial charge in [-0.1, -0.05) is 34.1 Å². The van der Waals surface area contributed by atoms with Crippen LogP contribution >= 0.6 is 15.9 Å². The molecule has 1 aromatic rings. The summed E-state index contributed by atoms with van der Waals surface area (Å²) in [6, 6.07) is 6.97. The third-order valence-corrected chi connectivity index (χ3v) is 3.82. The first-order chi connectivity index (χ1) is 9.61. The molecule has 2 rings (SSSR count). The maximum Gasteiger partial charge on any atom is 0.335 e. The maximum absolute atomic E-state index is 11.8. The van der Waals surface area contributed by atoms with Crippen molar-refractivity contribution in [3.8, 4) is 0 Å². The Morgan fingerprint density at radius 2 is 2.10 bits per heavy atom. The average molecular weight is 338 g/mol. The number of hydrogen-bond acceptors (Lipinski definition) is 2. The van der Waals surface area contributed by atoms with E-state index >= 15 is 0 Å². The molecule has 106 valence electrons. The molecule has 1 fully saturated rings. The molecule has 1 aliphatic heterocycles. The van der Waals surface area contributed by atoms with Crippen molar-refractivity contribution < 1.29 is 14.7 Å². The Labute approximate surface area is 126 Å². The Morgan fingerprint density at radius 3 is 2.70 bits per heavy atom. The van der Waals surface area contributed by atoms with Gasteiger partial charge in [-0.15, -0.1) is 0 Å². The number of halogens is 1. The van der Waals surface area contributed by atoms with Crippen LogP contribution in [0.15, 0.2) is 35.3 Å². The third kappa shape index (κ3) is 3.48. The fourth-order valence-corrected chi connectivity index (χ4v) is 2.75. The molecule has 0 aromatic heterocycles. The van der Waals surface area contributed by atoms with Gasteiger partial charge in [0, 0.05) is 13.0 Å². The second-order valence-electron chi connectivity index (χ2n) is 4.76. The molecule has 0 radical (unpaired) electrons. The van der Waals surface area contributed by atoms with Crippen LogP contribution in [-0.4, -0.2) is 34.5 Å². The van der Waals surface area contributed by atoms with Crippen molar-refractivity contribution in [2.45, 2.75) is 25.3 Å². The highest BCUT2D eigenvalue weighted by Gasteiger charge is 2.28. The van der Waals surface area contributed by atoms with Gasteiger partial charge in [0.05, 0.1) is 11.6 Å². The zero-order chi connectivity index (χ0) is 14.5. The molecule has 0 saturated carbocycles. The van der Waals surface area contributed by atoms with Crippen molar-refractivity contribution in [3.05, 3.63) is 46.5 Å². The lowest BCUT2D eigenvalue weighted by Crippen LogP contribution is -2.33. The van der Waals surface area contributed by atoms with Crippen LogP contribution in [0.25, 0.3) is 0 Å².